The first-order valence-electron chi connectivity index (χ1n) is 33.2. The third-order valence-corrected chi connectivity index (χ3v) is 16.4. The predicted octanol–water partition coefficient (Wildman–Crippen LogP) is 20.1. The second-order valence-corrected chi connectivity index (χ2v) is 25.6. The van der Waals surface area contributed by atoms with E-state index >= 15 is 0 Å². The molecule has 8 nitrogen and oxygen atoms in total. The Labute approximate surface area is 468 Å². The number of carbonyl (C=O) groups excluding carboxylic acids is 1. The van der Waals surface area contributed by atoms with Crippen LogP contribution in [0.2, 0.25) is 0 Å². The van der Waals surface area contributed by atoms with Gasteiger partial charge in [0, 0.05) is 6.42 Å². The molecule has 3 atom stereocenters. The summed E-state index contributed by atoms with van der Waals surface area (Å²) in [4.78, 5) is 25.6. The number of hydrogen-bond donors (Lipinski definition) is 2. The van der Waals surface area contributed by atoms with Gasteiger partial charge in [0.15, 0.2) is 0 Å². The zero-order chi connectivity index (χ0) is 54.9. The van der Waals surface area contributed by atoms with Crippen molar-refractivity contribution in [2.45, 2.75) is 353 Å². The second kappa shape index (κ2) is 57.7. The summed E-state index contributed by atoms with van der Waals surface area (Å²) in [5.74, 6) is -0.191. The number of likely N-dealkylation sites (N-methyl/N-ethyl adjacent to an activating group) is 1. The van der Waals surface area contributed by atoms with Crippen LogP contribution in [0.4, 0.5) is 0 Å². The Morgan fingerprint density at radius 2 is 0.733 bits per heavy atom. The van der Waals surface area contributed by atoms with Crippen LogP contribution in [0.3, 0.4) is 0 Å². The summed E-state index contributed by atoms with van der Waals surface area (Å²) >= 11 is 0. The fraction of sp³-hybridized carbons (Fsp3) is 0.924. The molecule has 0 fully saturated rings. The molecule has 1 amide bonds. The minimum Gasteiger partial charge on any atom is -0.756 e. The van der Waals surface area contributed by atoms with Crippen LogP contribution in [0.25, 0.3) is 0 Å². The summed E-state index contributed by atoms with van der Waals surface area (Å²) < 4.78 is 23.4. The van der Waals surface area contributed by atoms with Gasteiger partial charge in [-0.1, -0.05) is 314 Å². The number of nitrogens with one attached hydrogen (secondary N) is 1. The van der Waals surface area contributed by atoms with Gasteiger partial charge in [-0.2, -0.15) is 0 Å². The van der Waals surface area contributed by atoms with E-state index in [0.29, 0.717) is 17.4 Å². The number of hydrogen-bond acceptors (Lipinski definition) is 6. The van der Waals surface area contributed by atoms with Crippen LogP contribution < -0.4 is 10.2 Å². The molecule has 0 rings (SSSR count). The zero-order valence-corrected chi connectivity index (χ0v) is 51.9. The quantitative estimate of drug-likeness (QED) is 0.0272. The first-order valence-corrected chi connectivity index (χ1v) is 34.7. The normalized spacial score (nSPS) is 13.9. The summed E-state index contributed by atoms with van der Waals surface area (Å²) in [5.41, 5.74) is 0. The molecule has 0 spiro atoms. The highest BCUT2D eigenvalue weighted by atomic mass is 31.2. The smallest absolute Gasteiger partial charge is 0.268 e. The number of aliphatic hydroxyl groups excluding tert-OH is 1. The van der Waals surface area contributed by atoms with Crippen molar-refractivity contribution in [3.05, 3.63) is 24.3 Å². The number of unbranched alkanes of at least 4 members (excludes halogenated alkanes) is 47. The third kappa shape index (κ3) is 60.5. The SMILES string of the molecule is CCCCCCCCCC/C=C\CCCCCCCCCCCCCCCC(=O)NC(COP(=O)([O-])OCC[N+](C)(C)C)C(O)/C=C/CCCCCCCCCCCCCCCCCCCCCCCCCCCC. The summed E-state index contributed by atoms with van der Waals surface area (Å²) in [6.07, 6.45) is 74.2. The van der Waals surface area contributed by atoms with E-state index < -0.39 is 20.0 Å². The summed E-state index contributed by atoms with van der Waals surface area (Å²) in [6, 6.07) is -0.886. The van der Waals surface area contributed by atoms with Crippen LogP contribution in [-0.4, -0.2) is 68.5 Å². The highest BCUT2D eigenvalue weighted by molar-refractivity contribution is 7.45. The van der Waals surface area contributed by atoms with E-state index in [4.69, 9.17) is 9.05 Å². The van der Waals surface area contributed by atoms with Crippen molar-refractivity contribution in [1.29, 1.82) is 0 Å². The van der Waals surface area contributed by atoms with Gasteiger partial charge in [0.25, 0.3) is 7.82 Å². The van der Waals surface area contributed by atoms with E-state index in [-0.39, 0.29) is 19.1 Å². The van der Waals surface area contributed by atoms with Gasteiger partial charge in [-0.25, -0.2) is 0 Å². The van der Waals surface area contributed by atoms with Gasteiger partial charge in [-0.3, -0.25) is 9.36 Å². The average Bonchev–Trinajstić information content (AvgIpc) is 3.37. The molecule has 0 aliphatic heterocycles. The van der Waals surface area contributed by atoms with Crippen molar-refractivity contribution in [3.8, 4) is 0 Å². The Kier molecular flexibility index (Phi) is 56.9. The molecule has 75 heavy (non-hydrogen) atoms. The van der Waals surface area contributed by atoms with Crippen LogP contribution in [0.1, 0.15) is 341 Å². The first-order chi connectivity index (χ1) is 36.5. The van der Waals surface area contributed by atoms with Gasteiger partial charge in [-0.05, 0) is 44.9 Å². The minimum atomic E-state index is -4.60. The monoisotopic (exact) mass is 1080 g/mol. The highest BCUT2D eigenvalue weighted by Gasteiger charge is 2.23. The van der Waals surface area contributed by atoms with E-state index in [0.717, 1.165) is 38.5 Å². The zero-order valence-electron chi connectivity index (χ0n) is 51.0. The summed E-state index contributed by atoms with van der Waals surface area (Å²) in [5, 5.41) is 14.0. The Hall–Kier alpha value is -1.02. The number of quaternary nitrogens is 1. The van der Waals surface area contributed by atoms with Crippen molar-refractivity contribution in [2.75, 3.05) is 40.9 Å². The lowest BCUT2D eigenvalue weighted by molar-refractivity contribution is -0.870. The molecule has 0 radical (unpaired) electrons. The van der Waals surface area contributed by atoms with E-state index in [9.17, 15) is 19.4 Å². The van der Waals surface area contributed by atoms with Crippen molar-refractivity contribution in [3.63, 3.8) is 0 Å². The lowest BCUT2D eigenvalue weighted by Gasteiger charge is -2.29. The maximum atomic E-state index is 13.0. The van der Waals surface area contributed by atoms with Crippen LogP contribution in [0.15, 0.2) is 24.3 Å². The number of allylic oxidation sites excluding steroid dienone is 3. The number of carbonyl (C=O) groups is 1. The lowest BCUT2D eigenvalue weighted by Crippen LogP contribution is -2.45. The Morgan fingerprint density at radius 1 is 0.453 bits per heavy atom. The van der Waals surface area contributed by atoms with Gasteiger partial charge < -0.3 is 28.8 Å². The highest BCUT2D eigenvalue weighted by Crippen LogP contribution is 2.38. The van der Waals surface area contributed by atoms with Gasteiger partial charge >= 0.3 is 0 Å². The number of rotatable bonds is 62. The van der Waals surface area contributed by atoms with Gasteiger partial charge in [0.2, 0.25) is 5.91 Å². The third-order valence-electron chi connectivity index (χ3n) is 15.4. The molecule has 0 aromatic carbocycles. The number of nitrogens with zero attached hydrogens (tertiary/aromatic N) is 1. The topological polar surface area (TPSA) is 108 Å². The van der Waals surface area contributed by atoms with Crippen molar-refractivity contribution >= 4 is 13.7 Å². The molecular weight excluding hydrogens is 948 g/mol. The molecule has 3 unspecified atom stereocenters. The Bertz CT molecular complexity index is 1270. The van der Waals surface area contributed by atoms with Gasteiger partial charge in [0.1, 0.15) is 13.2 Å². The number of amides is 1. The van der Waals surface area contributed by atoms with Crippen molar-refractivity contribution in [1.82, 2.24) is 5.32 Å². The van der Waals surface area contributed by atoms with E-state index in [1.807, 2.05) is 27.2 Å². The van der Waals surface area contributed by atoms with E-state index in [2.05, 4.69) is 31.3 Å². The Morgan fingerprint density at radius 3 is 1.04 bits per heavy atom. The Balaban J connectivity index is 4.09. The largest absolute Gasteiger partial charge is 0.756 e. The van der Waals surface area contributed by atoms with Crippen molar-refractivity contribution in [2.24, 2.45) is 0 Å². The van der Waals surface area contributed by atoms with Crippen LogP contribution in [0, 0.1) is 0 Å². The molecule has 0 aliphatic rings. The molecule has 0 aliphatic carbocycles. The second-order valence-electron chi connectivity index (χ2n) is 24.2. The van der Waals surface area contributed by atoms with E-state index in [1.165, 1.54) is 283 Å². The van der Waals surface area contributed by atoms with Gasteiger partial charge in [-0.15, -0.1) is 0 Å². The fourth-order valence-corrected chi connectivity index (χ4v) is 10.9. The van der Waals surface area contributed by atoms with Crippen LogP contribution in [0.5, 0.6) is 0 Å². The molecule has 0 saturated carbocycles. The molecular formula is C66H131N2O6P. The summed E-state index contributed by atoms with van der Waals surface area (Å²) in [7, 11) is 1.28. The molecule has 0 aromatic rings. The lowest BCUT2D eigenvalue weighted by atomic mass is 10.0. The molecule has 0 bridgehead atoms. The van der Waals surface area contributed by atoms with Crippen LogP contribution >= 0.6 is 7.82 Å². The number of phosphoric ester groups is 1. The maximum Gasteiger partial charge on any atom is 0.268 e. The maximum absolute atomic E-state index is 13.0. The predicted molar refractivity (Wildman–Crippen MR) is 325 cm³/mol. The fourth-order valence-electron chi connectivity index (χ4n) is 10.2. The minimum absolute atomic E-state index is 0.00129. The molecule has 0 aromatic heterocycles. The standard InChI is InChI=1S/C66H131N2O6P/c1-6-8-10-12-14-16-18-20-22-24-26-28-30-32-33-34-36-37-39-41-43-45-47-49-51-53-55-57-59-65(69)64(63-74-75(71,72)73-62-61-68(3,4)5)67-66(70)60-58-56-54-52-50-48-46-44-42-40-38-35-31-29-27-25-23-21-19-17-15-13-11-9-7-2/h25,27,57,59,64-65,69H,6-24,26,28-56,58,60-63H2,1-5H3,(H-,67,70,71,72)/b27-25-,59-57+. The number of phosphoric acid groups is 1. The molecule has 0 heterocycles. The first kappa shape index (κ1) is 74.0. The summed E-state index contributed by atoms with van der Waals surface area (Å²) in [6.45, 7) is 4.71. The van der Waals surface area contributed by atoms with Crippen molar-refractivity contribution < 1.29 is 32.9 Å². The molecule has 9 heteroatoms. The number of aliphatic hydroxyl groups is 1. The van der Waals surface area contributed by atoms with E-state index in [1.54, 1.807) is 6.08 Å². The molecule has 446 valence electrons. The van der Waals surface area contributed by atoms with Crippen LogP contribution in [-0.2, 0) is 18.4 Å². The molecule has 2 N–H and O–H groups in total. The van der Waals surface area contributed by atoms with Gasteiger partial charge in [0.05, 0.1) is 39.9 Å². The molecule has 0 saturated heterocycles. The average molecular weight is 1080 g/mol.